The van der Waals surface area contributed by atoms with Crippen LogP contribution in [0.15, 0.2) is 78.2 Å². The molecule has 0 unspecified atom stereocenters. The Hall–Kier alpha value is -4.61. The number of aryl methyl sites for hydroxylation is 1. The highest BCUT2D eigenvalue weighted by atomic mass is 32.1. The third-order valence-electron chi connectivity index (χ3n) is 6.81. The van der Waals surface area contributed by atoms with E-state index in [0.717, 1.165) is 21.8 Å². The van der Waals surface area contributed by atoms with Gasteiger partial charge in [0.2, 0.25) is 0 Å². The Kier molecular flexibility index (Phi) is 11.0. The largest absolute Gasteiger partial charge is 0.496 e. The van der Waals surface area contributed by atoms with Gasteiger partial charge in [-0.05, 0) is 61.7 Å². The second-order valence-corrected chi connectivity index (χ2v) is 11.2. The molecule has 0 saturated carbocycles. The number of rotatable bonds is 14. The predicted molar refractivity (Wildman–Crippen MR) is 166 cm³/mol. The number of carbonyl (C=O) groups excluding carboxylic acids is 2. The monoisotopic (exact) mass is 601 g/mol. The van der Waals surface area contributed by atoms with Crippen molar-refractivity contribution >= 4 is 28.8 Å². The molecule has 0 aliphatic carbocycles. The van der Waals surface area contributed by atoms with E-state index >= 15 is 0 Å². The molecule has 224 valence electrons. The molecule has 2 amide bonds. The van der Waals surface area contributed by atoms with Gasteiger partial charge in [-0.15, -0.1) is 11.3 Å². The van der Waals surface area contributed by atoms with Crippen molar-refractivity contribution < 1.29 is 19.2 Å². The number of carbonyl (C=O) groups is 2. The number of thiazole rings is 1. The summed E-state index contributed by atoms with van der Waals surface area (Å²) in [5.74, 6) is -0.0343. The Morgan fingerprint density at radius 3 is 2.51 bits per heavy atom. The number of ether oxygens (including phenoxy) is 1. The zero-order valence-corrected chi connectivity index (χ0v) is 25.2. The van der Waals surface area contributed by atoms with Crippen molar-refractivity contribution in [2.45, 2.75) is 38.9 Å². The van der Waals surface area contributed by atoms with Crippen molar-refractivity contribution in [1.29, 1.82) is 0 Å². The van der Waals surface area contributed by atoms with Gasteiger partial charge in [0, 0.05) is 47.9 Å². The Morgan fingerprint density at radius 1 is 1.05 bits per heavy atom. The van der Waals surface area contributed by atoms with Gasteiger partial charge >= 0.3 is 0 Å². The highest BCUT2D eigenvalue weighted by molar-refractivity contribution is 7.09. The van der Waals surface area contributed by atoms with Gasteiger partial charge in [0.15, 0.2) is 0 Å². The first-order chi connectivity index (χ1) is 20.7. The number of hydrogen-bond acceptors (Lipinski definition) is 8. The molecule has 43 heavy (non-hydrogen) atoms. The zero-order chi connectivity index (χ0) is 30.8. The third kappa shape index (κ3) is 9.19. The summed E-state index contributed by atoms with van der Waals surface area (Å²) in [6.07, 6.45) is 1.23. The molecule has 0 radical (unpaired) electrons. The first-order valence-corrected chi connectivity index (χ1v) is 14.7. The maximum atomic E-state index is 13.4. The van der Waals surface area contributed by atoms with Crippen molar-refractivity contribution in [2.75, 3.05) is 20.7 Å². The zero-order valence-electron chi connectivity index (χ0n) is 24.4. The summed E-state index contributed by atoms with van der Waals surface area (Å²) < 4.78 is 5.20. The minimum Gasteiger partial charge on any atom is -0.496 e. The number of nitro groups is 1. The standard InChI is InChI=1S/C32H35N5O5S/c1-22-21-43-30(34-22)20-36(2)32(39)26-11-7-10-25(17-26)31(38)35-27(14-23-8-5-4-6-9-23)12-13-33-19-24-15-28(37(40)41)18-29(16-24)42-3/h4-11,15-18,21,27,33H,12-14,19-20H2,1-3H3,(H,35,38)/t27-/m1/s1. The molecule has 0 aliphatic heterocycles. The molecule has 0 aliphatic rings. The van der Waals surface area contributed by atoms with Crippen LogP contribution in [0.1, 0.15) is 49.0 Å². The highest BCUT2D eigenvalue weighted by Crippen LogP contribution is 2.22. The van der Waals surface area contributed by atoms with E-state index in [9.17, 15) is 19.7 Å². The molecule has 0 bridgehead atoms. The fourth-order valence-electron chi connectivity index (χ4n) is 4.63. The molecule has 11 heteroatoms. The maximum Gasteiger partial charge on any atom is 0.273 e. The van der Waals surface area contributed by atoms with Crippen LogP contribution < -0.4 is 15.4 Å². The van der Waals surface area contributed by atoms with Crippen molar-refractivity contribution in [3.8, 4) is 5.75 Å². The van der Waals surface area contributed by atoms with Crippen molar-refractivity contribution in [3.63, 3.8) is 0 Å². The lowest BCUT2D eigenvalue weighted by Gasteiger charge is -2.20. The average molecular weight is 602 g/mol. The Balaban J connectivity index is 1.40. The van der Waals surface area contributed by atoms with Crippen molar-refractivity contribution in [1.82, 2.24) is 20.5 Å². The van der Waals surface area contributed by atoms with E-state index in [1.54, 1.807) is 42.3 Å². The number of nitrogens with one attached hydrogen (secondary N) is 2. The lowest BCUT2D eigenvalue weighted by molar-refractivity contribution is -0.385. The van der Waals surface area contributed by atoms with E-state index in [2.05, 4.69) is 15.6 Å². The number of nitro benzene ring substituents is 1. The molecule has 2 N–H and O–H groups in total. The molecule has 4 rings (SSSR count). The molecular weight excluding hydrogens is 566 g/mol. The first-order valence-electron chi connectivity index (χ1n) is 13.9. The van der Waals surface area contributed by atoms with Gasteiger partial charge < -0.3 is 20.3 Å². The van der Waals surface area contributed by atoms with Crippen LogP contribution in [-0.4, -0.2) is 53.4 Å². The number of methoxy groups -OCH3 is 1. The quantitative estimate of drug-likeness (QED) is 0.116. The van der Waals surface area contributed by atoms with E-state index in [1.807, 2.05) is 42.6 Å². The van der Waals surface area contributed by atoms with Crippen LogP contribution in [0.25, 0.3) is 0 Å². The van der Waals surface area contributed by atoms with Gasteiger partial charge in [0.05, 0.1) is 24.6 Å². The average Bonchev–Trinajstić information content (AvgIpc) is 3.43. The van der Waals surface area contributed by atoms with E-state index in [-0.39, 0.29) is 23.5 Å². The predicted octanol–water partition coefficient (Wildman–Crippen LogP) is 5.16. The van der Waals surface area contributed by atoms with Crippen molar-refractivity contribution in [2.24, 2.45) is 0 Å². The number of amides is 2. The summed E-state index contributed by atoms with van der Waals surface area (Å²) >= 11 is 1.51. The Bertz CT molecular complexity index is 1560. The maximum absolute atomic E-state index is 13.4. The molecule has 1 atom stereocenters. The number of aromatic nitrogens is 1. The lowest BCUT2D eigenvalue weighted by Crippen LogP contribution is -2.38. The summed E-state index contributed by atoms with van der Waals surface area (Å²) in [4.78, 5) is 43.3. The number of hydrogen-bond donors (Lipinski definition) is 2. The molecule has 3 aromatic carbocycles. The molecule has 0 spiro atoms. The Labute approximate surface area is 254 Å². The van der Waals surface area contributed by atoms with Crippen LogP contribution in [0.5, 0.6) is 5.75 Å². The van der Waals surface area contributed by atoms with Crippen LogP contribution >= 0.6 is 11.3 Å². The van der Waals surface area contributed by atoms with Crippen LogP contribution in [0, 0.1) is 17.0 Å². The second kappa shape index (κ2) is 15.0. The smallest absolute Gasteiger partial charge is 0.273 e. The molecular formula is C32H35N5O5S. The van der Waals surface area contributed by atoms with Gasteiger partial charge in [-0.1, -0.05) is 36.4 Å². The fourth-order valence-corrected chi connectivity index (χ4v) is 5.46. The summed E-state index contributed by atoms with van der Waals surface area (Å²) in [6, 6.07) is 21.1. The second-order valence-electron chi connectivity index (χ2n) is 10.2. The van der Waals surface area contributed by atoms with Gasteiger partial charge in [-0.3, -0.25) is 19.7 Å². The van der Waals surface area contributed by atoms with Crippen LogP contribution in [-0.2, 0) is 19.5 Å². The van der Waals surface area contributed by atoms with E-state index in [4.69, 9.17) is 4.74 Å². The van der Waals surface area contributed by atoms with Crippen LogP contribution in [0.2, 0.25) is 0 Å². The summed E-state index contributed by atoms with van der Waals surface area (Å²) in [6.45, 7) is 3.27. The molecule has 1 aromatic heterocycles. The first kappa shape index (κ1) is 31.3. The summed E-state index contributed by atoms with van der Waals surface area (Å²) in [5.41, 5.74) is 3.53. The minimum absolute atomic E-state index is 0.0319. The number of nitrogens with zero attached hydrogens (tertiary/aromatic N) is 3. The SMILES string of the molecule is COc1cc(CNCC[C@H](Cc2ccccc2)NC(=O)c2cccc(C(=O)N(C)Cc3nc(C)cs3)c2)cc([N+](=O)[O-])c1. The van der Waals surface area contributed by atoms with E-state index in [1.165, 1.54) is 30.6 Å². The van der Waals surface area contributed by atoms with Crippen LogP contribution in [0.4, 0.5) is 5.69 Å². The van der Waals surface area contributed by atoms with Gasteiger partial charge in [0.25, 0.3) is 17.5 Å². The molecule has 10 nitrogen and oxygen atoms in total. The van der Waals surface area contributed by atoms with Gasteiger partial charge in [-0.2, -0.15) is 0 Å². The molecule has 4 aromatic rings. The topological polar surface area (TPSA) is 127 Å². The van der Waals surface area contributed by atoms with E-state index in [0.29, 0.717) is 49.4 Å². The Morgan fingerprint density at radius 2 is 1.81 bits per heavy atom. The number of benzene rings is 3. The number of non-ortho nitro benzene ring substituents is 1. The fraction of sp³-hybridized carbons (Fsp3) is 0.281. The summed E-state index contributed by atoms with van der Waals surface area (Å²) in [7, 11) is 3.19. The van der Waals surface area contributed by atoms with Crippen molar-refractivity contribution in [3.05, 3.63) is 121 Å². The van der Waals surface area contributed by atoms with Gasteiger partial charge in [-0.25, -0.2) is 4.98 Å². The molecule has 0 saturated heterocycles. The van der Waals surface area contributed by atoms with Gasteiger partial charge in [0.1, 0.15) is 10.8 Å². The molecule has 0 fully saturated rings. The highest BCUT2D eigenvalue weighted by Gasteiger charge is 2.18. The minimum atomic E-state index is -0.445. The summed E-state index contributed by atoms with van der Waals surface area (Å²) in [5, 5.41) is 20.5. The lowest BCUT2D eigenvalue weighted by atomic mass is 10.0. The normalized spacial score (nSPS) is 11.5. The van der Waals surface area contributed by atoms with Crippen LogP contribution in [0.3, 0.4) is 0 Å². The molecule has 1 heterocycles. The third-order valence-corrected chi connectivity index (χ3v) is 7.77. The van der Waals surface area contributed by atoms with E-state index < -0.39 is 4.92 Å².